The van der Waals surface area contributed by atoms with Crippen molar-refractivity contribution in [2.24, 2.45) is 0 Å². The molecule has 3 aromatic heterocycles. The summed E-state index contributed by atoms with van der Waals surface area (Å²) in [7, 11) is 0. The molecule has 3 heterocycles. The highest BCUT2D eigenvalue weighted by Crippen LogP contribution is 2.22. The summed E-state index contributed by atoms with van der Waals surface area (Å²) in [6.45, 7) is 0. The molecule has 0 bridgehead atoms. The van der Waals surface area contributed by atoms with Crippen LogP contribution < -0.4 is 5.73 Å². The van der Waals surface area contributed by atoms with E-state index in [9.17, 15) is 4.79 Å². The Bertz CT molecular complexity index is 734. The summed E-state index contributed by atoms with van der Waals surface area (Å²) in [5.74, 6) is 0.816. The van der Waals surface area contributed by atoms with E-state index in [-0.39, 0.29) is 22.3 Å². The highest BCUT2D eigenvalue weighted by molar-refractivity contribution is 6.32. The second-order valence-corrected chi connectivity index (χ2v) is 3.80. The van der Waals surface area contributed by atoms with Crippen LogP contribution in [0.4, 0.5) is 5.95 Å². The Labute approximate surface area is 105 Å². The maximum atomic E-state index is 11.0. The molecule has 18 heavy (non-hydrogen) atoms. The summed E-state index contributed by atoms with van der Waals surface area (Å²) in [6.07, 6.45) is 2.06. The van der Waals surface area contributed by atoms with Gasteiger partial charge in [0, 0.05) is 0 Å². The lowest BCUT2D eigenvalue weighted by Crippen LogP contribution is -2.05. The highest BCUT2D eigenvalue weighted by Gasteiger charge is 2.17. The van der Waals surface area contributed by atoms with Crippen molar-refractivity contribution in [3.63, 3.8) is 0 Å². The van der Waals surface area contributed by atoms with Crippen LogP contribution in [-0.4, -0.2) is 25.9 Å². The molecule has 0 aliphatic carbocycles. The van der Waals surface area contributed by atoms with Crippen LogP contribution in [0.25, 0.3) is 17.2 Å². The van der Waals surface area contributed by atoms with Gasteiger partial charge in [-0.25, -0.2) is 9.97 Å². The molecule has 0 aliphatic rings. The average Bonchev–Trinajstić information content (AvgIpc) is 2.97. The summed E-state index contributed by atoms with van der Waals surface area (Å²) >= 11 is 5.82. The van der Waals surface area contributed by atoms with Gasteiger partial charge in [0.1, 0.15) is 5.15 Å². The second-order valence-electron chi connectivity index (χ2n) is 3.44. The summed E-state index contributed by atoms with van der Waals surface area (Å²) < 4.78 is 6.42. The van der Waals surface area contributed by atoms with Gasteiger partial charge in [-0.2, -0.15) is 4.52 Å². The van der Waals surface area contributed by atoms with E-state index >= 15 is 0 Å². The number of hydrogen-bond acceptors (Lipinski definition) is 6. The zero-order valence-corrected chi connectivity index (χ0v) is 9.63. The minimum absolute atomic E-state index is 0.00612. The van der Waals surface area contributed by atoms with Gasteiger partial charge in [-0.15, -0.1) is 5.10 Å². The lowest BCUT2D eigenvalue weighted by molar-refractivity contribution is 0.112. The van der Waals surface area contributed by atoms with Crippen molar-refractivity contribution in [3.8, 4) is 11.6 Å². The molecule has 0 fully saturated rings. The zero-order chi connectivity index (χ0) is 12.7. The highest BCUT2D eigenvalue weighted by atomic mass is 35.5. The van der Waals surface area contributed by atoms with E-state index in [1.807, 2.05) is 0 Å². The first kappa shape index (κ1) is 10.7. The minimum atomic E-state index is -0.00612. The van der Waals surface area contributed by atoms with Crippen molar-refractivity contribution in [3.05, 3.63) is 29.1 Å². The smallest absolute Gasteiger partial charge is 0.224 e. The number of carbonyl (C=O) groups is 1. The molecule has 0 saturated heterocycles. The Kier molecular flexibility index (Phi) is 2.27. The standard InChI is InChI=1S/C10H6ClN5O2/c11-7-5(4-17)9-14-8(6-2-1-3-18-6)15-16(9)10(12)13-7/h1-4H,(H2,12,13). The van der Waals surface area contributed by atoms with E-state index in [4.69, 9.17) is 21.8 Å². The summed E-state index contributed by atoms with van der Waals surface area (Å²) in [4.78, 5) is 19.0. The number of aromatic nitrogens is 4. The summed E-state index contributed by atoms with van der Waals surface area (Å²) in [5.41, 5.74) is 6.05. The molecule has 0 saturated carbocycles. The number of hydrogen-bond donors (Lipinski definition) is 1. The van der Waals surface area contributed by atoms with Crippen LogP contribution in [0.3, 0.4) is 0 Å². The lowest BCUT2D eigenvalue weighted by Gasteiger charge is -2.00. The number of anilines is 1. The van der Waals surface area contributed by atoms with Crippen molar-refractivity contribution in [1.82, 2.24) is 19.6 Å². The molecular weight excluding hydrogens is 258 g/mol. The van der Waals surface area contributed by atoms with E-state index in [1.165, 1.54) is 10.8 Å². The number of carbonyl (C=O) groups excluding carboxylic acids is 1. The predicted octanol–water partition coefficient (Wildman–Crippen LogP) is 1.43. The number of nitrogens with two attached hydrogens (primary N) is 1. The summed E-state index contributed by atoms with van der Waals surface area (Å²) in [6, 6.07) is 3.40. The third-order valence-corrected chi connectivity index (χ3v) is 2.65. The Morgan fingerprint density at radius 3 is 2.94 bits per heavy atom. The van der Waals surface area contributed by atoms with E-state index in [0.29, 0.717) is 17.9 Å². The second kappa shape index (κ2) is 3.81. The van der Waals surface area contributed by atoms with Crippen LogP contribution in [0.15, 0.2) is 22.8 Å². The van der Waals surface area contributed by atoms with Crippen LogP contribution in [0.1, 0.15) is 10.4 Å². The van der Waals surface area contributed by atoms with Gasteiger partial charge in [-0.3, -0.25) is 4.79 Å². The van der Waals surface area contributed by atoms with Crippen LogP contribution in [-0.2, 0) is 0 Å². The van der Waals surface area contributed by atoms with Crippen LogP contribution >= 0.6 is 11.6 Å². The number of aldehydes is 1. The van der Waals surface area contributed by atoms with E-state index in [1.54, 1.807) is 12.1 Å². The zero-order valence-electron chi connectivity index (χ0n) is 8.87. The molecule has 90 valence electrons. The Hall–Kier alpha value is -2.41. The summed E-state index contributed by atoms with van der Waals surface area (Å²) in [5, 5.41) is 4.11. The molecule has 0 atom stereocenters. The molecule has 0 spiro atoms. The van der Waals surface area contributed by atoms with Gasteiger partial charge in [0.05, 0.1) is 11.8 Å². The fourth-order valence-corrected chi connectivity index (χ4v) is 1.77. The van der Waals surface area contributed by atoms with Crippen molar-refractivity contribution in [2.45, 2.75) is 0 Å². The number of nitrogens with zero attached hydrogens (tertiary/aromatic N) is 4. The van der Waals surface area contributed by atoms with Crippen molar-refractivity contribution in [2.75, 3.05) is 5.73 Å². The molecule has 0 amide bonds. The number of rotatable bonds is 2. The van der Waals surface area contributed by atoms with Gasteiger partial charge < -0.3 is 10.2 Å². The molecule has 3 rings (SSSR count). The number of fused-ring (bicyclic) bond motifs is 1. The molecule has 0 unspecified atom stereocenters. The molecule has 0 radical (unpaired) electrons. The van der Waals surface area contributed by atoms with Gasteiger partial charge in [0.2, 0.25) is 11.8 Å². The van der Waals surface area contributed by atoms with E-state index < -0.39 is 0 Å². The maximum Gasteiger partial charge on any atom is 0.224 e. The molecule has 7 nitrogen and oxygen atoms in total. The molecule has 8 heteroatoms. The normalized spacial score (nSPS) is 10.9. The first-order valence-corrected chi connectivity index (χ1v) is 5.29. The van der Waals surface area contributed by atoms with Gasteiger partial charge in [0.15, 0.2) is 17.7 Å². The third kappa shape index (κ3) is 1.45. The number of nitrogen functional groups attached to an aromatic ring is 1. The molecular formula is C10H6ClN5O2. The van der Waals surface area contributed by atoms with Crippen LogP contribution in [0.5, 0.6) is 0 Å². The van der Waals surface area contributed by atoms with Gasteiger partial charge in [-0.1, -0.05) is 11.6 Å². The van der Waals surface area contributed by atoms with Gasteiger partial charge >= 0.3 is 0 Å². The fraction of sp³-hybridized carbons (Fsp3) is 0. The SMILES string of the molecule is Nc1nc(Cl)c(C=O)c2nc(-c3ccco3)nn12. The minimum Gasteiger partial charge on any atom is -0.461 e. The monoisotopic (exact) mass is 263 g/mol. The van der Waals surface area contributed by atoms with Crippen molar-refractivity contribution >= 4 is 29.5 Å². The van der Waals surface area contributed by atoms with E-state index in [0.717, 1.165) is 0 Å². The molecule has 0 aliphatic heterocycles. The molecule has 3 aromatic rings. The van der Waals surface area contributed by atoms with Crippen molar-refractivity contribution in [1.29, 1.82) is 0 Å². The average molecular weight is 264 g/mol. The Balaban J connectivity index is 2.35. The van der Waals surface area contributed by atoms with Crippen LogP contribution in [0, 0.1) is 0 Å². The van der Waals surface area contributed by atoms with Crippen LogP contribution in [0.2, 0.25) is 5.15 Å². The Morgan fingerprint density at radius 1 is 1.44 bits per heavy atom. The first-order chi connectivity index (χ1) is 8.70. The predicted molar refractivity (Wildman–Crippen MR) is 63.3 cm³/mol. The topological polar surface area (TPSA) is 99.3 Å². The van der Waals surface area contributed by atoms with Crippen molar-refractivity contribution < 1.29 is 9.21 Å². The third-order valence-electron chi connectivity index (χ3n) is 2.36. The van der Waals surface area contributed by atoms with E-state index in [2.05, 4.69) is 15.1 Å². The fourth-order valence-electron chi connectivity index (χ4n) is 1.56. The number of halogens is 1. The first-order valence-electron chi connectivity index (χ1n) is 4.91. The molecule has 0 aromatic carbocycles. The number of furan rings is 1. The van der Waals surface area contributed by atoms with Gasteiger partial charge in [0.25, 0.3) is 0 Å². The largest absolute Gasteiger partial charge is 0.461 e. The molecule has 2 N–H and O–H groups in total. The maximum absolute atomic E-state index is 11.0. The lowest BCUT2D eigenvalue weighted by atomic mass is 10.3. The van der Waals surface area contributed by atoms with Gasteiger partial charge in [-0.05, 0) is 12.1 Å². The quantitative estimate of drug-likeness (QED) is 0.555. The Morgan fingerprint density at radius 2 is 2.28 bits per heavy atom.